The second-order valence-corrected chi connectivity index (χ2v) is 9.42. The molecule has 1 atom stereocenters. The number of nitrogens with zero attached hydrogens (tertiary/aromatic N) is 2. The van der Waals surface area contributed by atoms with Crippen LogP contribution in [0.5, 0.6) is 0 Å². The Morgan fingerprint density at radius 2 is 1.69 bits per heavy atom. The first-order valence-corrected chi connectivity index (χ1v) is 11.4. The number of aryl methyl sites for hydroxylation is 1. The average Bonchev–Trinajstić information content (AvgIpc) is 2.99. The summed E-state index contributed by atoms with van der Waals surface area (Å²) in [6, 6.07) is 16.4. The molecule has 0 spiro atoms. The first kappa shape index (κ1) is 21.5. The van der Waals surface area contributed by atoms with Crippen LogP contribution in [0.1, 0.15) is 24.5 Å². The van der Waals surface area contributed by atoms with E-state index in [2.05, 4.69) is 10.2 Å². The lowest BCUT2D eigenvalue weighted by molar-refractivity contribution is -0.126. The molecular weight excluding hydrogens is 386 g/mol. The Balaban J connectivity index is 1.58. The van der Waals surface area contributed by atoms with Gasteiger partial charge in [-0.05, 0) is 38.0 Å². The molecule has 0 saturated carbocycles. The number of benzene rings is 2. The molecule has 0 radical (unpaired) electrons. The van der Waals surface area contributed by atoms with Gasteiger partial charge in [0.2, 0.25) is 15.9 Å². The molecule has 1 aliphatic heterocycles. The van der Waals surface area contributed by atoms with E-state index in [1.165, 1.54) is 4.31 Å². The zero-order chi connectivity index (χ0) is 20.9. The van der Waals surface area contributed by atoms with E-state index >= 15 is 0 Å². The summed E-state index contributed by atoms with van der Waals surface area (Å²) in [6.45, 7) is 6.38. The molecule has 0 bridgehead atoms. The zero-order valence-corrected chi connectivity index (χ0v) is 17.9. The van der Waals surface area contributed by atoms with Gasteiger partial charge in [0.25, 0.3) is 0 Å². The maximum Gasteiger partial charge on any atom is 0.243 e. The topological polar surface area (TPSA) is 69.7 Å². The summed E-state index contributed by atoms with van der Waals surface area (Å²) in [6.07, 6.45) is 0.696. The lowest BCUT2D eigenvalue weighted by Gasteiger charge is -2.27. The summed E-state index contributed by atoms with van der Waals surface area (Å²) in [5, 5.41) is 2.98. The van der Waals surface area contributed by atoms with Crippen LogP contribution in [0.15, 0.2) is 59.5 Å². The third-order valence-electron chi connectivity index (χ3n) is 5.38. The Labute approximate surface area is 173 Å². The van der Waals surface area contributed by atoms with Gasteiger partial charge in [-0.2, -0.15) is 4.31 Å². The molecule has 6 nitrogen and oxygen atoms in total. The van der Waals surface area contributed by atoms with Gasteiger partial charge in [-0.3, -0.25) is 9.69 Å². The molecule has 2 aromatic carbocycles. The smallest absolute Gasteiger partial charge is 0.243 e. The first-order chi connectivity index (χ1) is 13.9. The molecule has 1 aliphatic rings. The number of carbonyl (C=O) groups excluding carboxylic acids is 1. The van der Waals surface area contributed by atoms with Crippen molar-refractivity contribution in [2.45, 2.75) is 37.8 Å². The zero-order valence-electron chi connectivity index (χ0n) is 17.0. The van der Waals surface area contributed by atoms with E-state index in [-0.39, 0.29) is 11.9 Å². The summed E-state index contributed by atoms with van der Waals surface area (Å²) >= 11 is 0. The highest BCUT2D eigenvalue weighted by molar-refractivity contribution is 7.89. The molecule has 1 heterocycles. The Bertz CT molecular complexity index is 914. The molecule has 0 aromatic heterocycles. The fourth-order valence-corrected chi connectivity index (χ4v) is 4.97. The summed E-state index contributed by atoms with van der Waals surface area (Å²) in [7, 11) is -3.51. The van der Waals surface area contributed by atoms with E-state index in [0.29, 0.717) is 44.0 Å². The van der Waals surface area contributed by atoms with Crippen molar-refractivity contribution in [1.82, 2.24) is 14.5 Å². The van der Waals surface area contributed by atoms with E-state index in [9.17, 15) is 13.2 Å². The second kappa shape index (κ2) is 9.52. The van der Waals surface area contributed by atoms with E-state index in [4.69, 9.17) is 0 Å². The Hall–Kier alpha value is -2.22. The number of rotatable bonds is 6. The lowest BCUT2D eigenvalue weighted by atomic mass is 10.2. The molecule has 1 unspecified atom stereocenters. The maximum absolute atomic E-state index is 12.9. The highest BCUT2D eigenvalue weighted by Crippen LogP contribution is 2.19. The minimum Gasteiger partial charge on any atom is -0.351 e. The van der Waals surface area contributed by atoms with Gasteiger partial charge in [0.1, 0.15) is 0 Å². The van der Waals surface area contributed by atoms with Crippen LogP contribution in [0, 0.1) is 6.92 Å². The van der Waals surface area contributed by atoms with Crippen LogP contribution in [-0.4, -0.2) is 55.8 Å². The SMILES string of the molecule is Cc1ccc(S(=O)(=O)N2CCCN(C(C)C(=O)NCc3ccccc3)CC2)cc1. The molecule has 29 heavy (non-hydrogen) atoms. The third kappa shape index (κ3) is 5.44. The van der Waals surface area contributed by atoms with Gasteiger partial charge in [-0.1, -0.05) is 48.0 Å². The predicted molar refractivity (Wildman–Crippen MR) is 114 cm³/mol. The van der Waals surface area contributed by atoms with Crippen LogP contribution in [0.25, 0.3) is 0 Å². The number of sulfonamides is 1. The number of hydrogen-bond donors (Lipinski definition) is 1. The molecule has 1 saturated heterocycles. The van der Waals surface area contributed by atoms with Crippen molar-refractivity contribution in [1.29, 1.82) is 0 Å². The van der Waals surface area contributed by atoms with Crippen LogP contribution in [0.2, 0.25) is 0 Å². The highest BCUT2D eigenvalue weighted by Gasteiger charge is 2.29. The molecule has 0 aliphatic carbocycles. The van der Waals surface area contributed by atoms with Crippen molar-refractivity contribution in [2.75, 3.05) is 26.2 Å². The van der Waals surface area contributed by atoms with Gasteiger partial charge in [0, 0.05) is 32.7 Å². The van der Waals surface area contributed by atoms with Crippen molar-refractivity contribution in [3.8, 4) is 0 Å². The molecule has 1 N–H and O–H groups in total. The number of nitrogens with one attached hydrogen (secondary N) is 1. The van der Waals surface area contributed by atoms with Crippen LogP contribution in [0.4, 0.5) is 0 Å². The summed E-state index contributed by atoms with van der Waals surface area (Å²) in [4.78, 5) is 15.0. The lowest BCUT2D eigenvalue weighted by Crippen LogP contribution is -2.46. The first-order valence-electron chi connectivity index (χ1n) is 10.0. The van der Waals surface area contributed by atoms with E-state index in [1.54, 1.807) is 12.1 Å². The minimum absolute atomic E-state index is 0.0382. The van der Waals surface area contributed by atoms with Gasteiger partial charge in [0.05, 0.1) is 10.9 Å². The molecule has 3 rings (SSSR count). The van der Waals surface area contributed by atoms with E-state index in [0.717, 1.165) is 11.1 Å². The number of amides is 1. The normalized spacial score (nSPS) is 17.4. The van der Waals surface area contributed by atoms with Gasteiger partial charge in [0.15, 0.2) is 0 Å². The molecule has 2 aromatic rings. The largest absolute Gasteiger partial charge is 0.351 e. The van der Waals surface area contributed by atoms with Gasteiger partial charge in [-0.25, -0.2) is 8.42 Å². The number of hydrogen-bond acceptors (Lipinski definition) is 4. The quantitative estimate of drug-likeness (QED) is 0.787. The van der Waals surface area contributed by atoms with Crippen LogP contribution < -0.4 is 5.32 Å². The van der Waals surface area contributed by atoms with E-state index < -0.39 is 10.0 Å². The molecule has 7 heteroatoms. The fourth-order valence-electron chi connectivity index (χ4n) is 3.50. The molecule has 156 valence electrons. The summed E-state index contributed by atoms with van der Waals surface area (Å²) in [5.41, 5.74) is 2.08. The second-order valence-electron chi connectivity index (χ2n) is 7.49. The Morgan fingerprint density at radius 3 is 2.38 bits per heavy atom. The predicted octanol–water partition coefficient (Wildman–Crippen LogP) is 2.40. The fraction of sp³-hybridized carbons (Fsp3) is 0.409. The summed E-state index contributed by atoms with van der Waals surface area (Å²) in [5.74, 6) is -0.0382. The van der Waals surface area contributed by atoms with Gasteiger partial charge >= 0.3 is 0 Å². The van der Waals surface area contributed by atoms with Crippen molar-refractivity contribution >= 4 is 15.9 Å². The molecule has 1 amide bonds. The van der Waals surface area contributed by atoms with Crippen molar-refractivity contribution < 1.29 is 13.2 Å². The monoisotopic (exact) mass is 415 g/mol. The van der Waals surface area contributed by atoms with Crippen LogP contribution >= 0.6 is 0 Å². The molecular formula is C22H29N3O3S. The van der Waals surface area contributed by atoms with Crippen molar-refractivity contribution in [3.63, 3.8) is 0 Å². The standard InChI is InChI=1S/C22H29N3O3S/c1-18-9-11-21(12-10-18)29(27,28)25-14-6-13-24(15-16-25)19(2)22(26)23-17-20-7-4-3-5-8-20/h3-5,7-12,19H,6,13-17H2,1-2H3,(H,23,26). The Morgan fingerprint density at radius 1 is 1.00 bits per heavy atom. The Kier molecular flexibility index (Phi) is 7.05. The van der Waals surface area contributed by atoms with Crippen molar-refractivity contribution in [2.24, 2.45) is 0 Å². The maximum atomic E-state index is 12.9. The minimum atomic E-state index is -3.51. The van der Waals surface area contributed by atoms with Crippen molar-refractivity contribution in [3.05, 3.63) is 65.7 Å². The highest BCUT2D eigenvalue weighted by atomic mass is 32.2. The van der Waals surface area contributed by atoms with Crippen LogP contribution in [-0.2, 0) is 21.4 Å². The van der Waals surface area contributed by atoms with Crippen LogP contribution in [0.3, 0.4) is 0 Å². The van der Waals surface area contributed by atoms with E-state index in [1.807, 2.05) is 56.3 Å². The van der Waals surface area contributed by atoms with Gasteiger partial charge in [-0.15, -0.1) is 0 Å². The molecule has 1 fully saturated rings. The summed E-state index contributed by atoms with van der Waals surface area (Å²) < 4.78 is 27.4. The average molecular weight is 416 g/mol. The number of carbonyl (C=O) groups is 1. The van der Waals surface area contributed by atoms with Gasteiger partial charge < -0.3 is 5.32 Å². The third-order valence-corrected chi connectivity index (χ3v) is 7.30.